The lowest BCUT2D eigenvalue weighted by Crippen LogP contribution is -2.32. The van der Waals surface area contributed by atoms with Gasteiger partial charge in [-0.3, -0.25) is 4.79 Å². The van der Waals surface area contributed by atoms with E-state index in [9.17, 15) is 9.59 Å². The number of hydrogen-bond donors (Lipinski definition) is 2. The standard InChI is InChI=1S/C23H21N3O3/c27-21(26-12-3-4-13-26)14-29-20-11-10-16(15-6-1-2-7-17(15)20)18-8-5-9-19-22(18)25-23(28)24-19/h1-2,5-11H,3-4,12-14H2,(H2,24,25,28). The molecule has 2 heterocycles. The van der Waals surface area contributed by atoms with Gasteiger partial charge in [-0.15, -0.1) is 0 Å². The van der Waals surface area contributed by atoms with E-state index in [0.29, 0.717) is 5.75 Å². The molecule has 1 aromatic heterocycles. The van der Waals surface area contributed by atoms with Gasteiger partial charge in [-0.25, -0.2) is 4.79 Å². The Morgan fingerprint density at radius 2 is 1.69 bits per heavy atom. The first-order chi connectivity index (χ1) is 14.2. The first kappa shape index (κ1) is 17.6. The predicted molar refractivity (Wildman–Crippen MR) is 113 cm³/mol. The van der Waals surface area contributed by atoms with Crippen molar-refractivity contribution in [1.82, 2.24) is 14.9 Å². The number of aromatic amines is 2. The van der Waals surface area contributed by atoms with Gasteiger partial charge in [0.25, 0.3) is 5.91 Å². The number of rotatable bonds is 4. The fourth-order valence-electron chi connectivity index (χ4n) is 4.11. The Kier molecular flexibility index (Phi) is 4.31. The molecular weight excluding hydrogens is 366 g/mol. The molecule has 6 nitrogen and oxygen atoms in total. The number of likely N-dealkylation sites (tertiary alicyclic amines) is 1. The summed E-state index contributed by atoms with van der Waals surface area (Å²) in [6, 6.07) is 17.6. The lowest BCUT2D eigenvalue weighted by atomic mass is 9.97. The number of H-pyrrole nitrogens is 2. The molecule has 29 heavy (non-hydrogen) atoms. The fraction of sp³-hybridized carbons (Fsp3) is 0.217. The quantitative estimate of drug-likeness (QED) is 0.561. The van der Waals surface area contributed by atoms with E-state index in [4.69, 9.17) is 4.74 Å². The molecule has 1 aliphatic rings. The Morgan fingerprint density at radius 1 is 0.897 bits per heavy atom. The zero-order valence-electron chi connectivity index (χ0n) is 15.9. The zero-order chi connectivity index (χ0) is 19.8. The van der Waals surface area contributed by atoms with Crippen LogP contribution in [0.3, 0.4) is 0 Å². The highest BCUT2D eigenvalue weighted by molar-refractivity contribution is 6.05. The van der Waals surface area contributed by atoms with Crippen LogP contribution >= 0.6 is 0 Å². The summed E-state index contributed by atoms with van der Waals surface area (Å²) in [6.45, 7) is 1.69. The van der Waals surface area contributed by atoms with Gasteiger partial charge < -0.3 is 19.6 Å². The van der Waals surface area contributed by atoms with Gasteiger partial charge in [0.2, 0.25) is 0 Å². The van der Waals surface area contributed by atoms with Crippen molar-refractivity contribution < 1.29 is 9.53 Å². The Balaban J connectivity index is 1.54. The van der Waals surface area contributed by atoms with Crippen LogP contribution in [0, 0.1) is 0 Å². The van der Waals surface area contributed by atoms with Crippen molar-refractivity contribution in [2.75, 3.05) is 19.7 Å². The summed E-state index contributed by atoms with van der Waals surface area (Å²) in [5.74, 6) is 0.719. The highest BCUT2D eigenvalue weighted by Gasteiger charge is 2.19. The van der Waals surface area contributed by atoms with E-state index >= 15 is 0 Å². The maximum atomic E-state index is 12.4. The van der Waals surface area contributed by atoms with Crippen molar-refractivity contribution in [3.63, 3.8) is 0 Å². The molecule has 0 unspecified atom stereocenters. The van der Waals surface area contributed by atoms with Crippen molar-refractivity contribution in [2.45, 2.75) is 12.8 Å². The van der Waals surface area contributed by atoms with E-state index < -0.39 is 0 Å². The number of benzene rings is 3. The number of fused-ring (bicyclic) bond motifs is 2. The number of aromatic nitrogens is 2. The van der Waals surface area contributed by atoms with Crippen molar-refractivity contribution in [3.8, 4) is 16.9 Å². The van der Waals surface area contributed by atoms with Gasteiger partial charge in [-0.05, 0) is 42.0 Å². The minimum Gasteiger partial charge on any atom is -0.483 e. The summed E-state index contributed by atoms with van der Waals surface area (Å²) >= 11 is 0. The van der Waals surface area contributed by atoms with E-state index in [1.807, 2.05) is 59.5 Å². The largest absolute Gasteiger partial charge is 0.483 e. The summed E-state index contributed by atoms with van der Waals surface area (Å²) in [6.07, 6.45) is 2.13. The fourth-order valence-corrected chi connectivity index (χ4v) is 4.11. The number of ether oxygens (including phenoxy) is 1. The zero-order valence-corrected chi connectivity index (χ0v) is 15.9. The van der Waals surface area contributed by atoms with Crippen molar-refractivity contribution in [2.24, 2.45) is 0 Å². The molecule has 0 saturated carbocycles. The average Bonchev–Trinajstić information content (AvgIpc) is 3.40. The summed E-state index contributed by atoms with van der Waals surface area (Å²) in [5.41, 5.74) is 3.27. The molecule has 2 N–H and O–H groups in total. The van der Waals surface area contributed by atoms with E-state index in [-0.39, 0.29) is 18.2 Å². The lowest BCUT2D eigenvalue weighted by molar-refractivity contribution is -0.132. The first-order valence-corrected chi connectivity index (χ1v) is 9.84. The average molecular weight is 387 g/mol. The molecule has 146 valence electrons. The second-order valence-electron chi connectivity index (χ2n) is 7.34. The topological polar surface area (TPSA) is 78.2 Å². The molecule has 1 saturated heterocycles. The Labute approximate surface area is 167 Å². The Bertz CT molecular complexity index is 1270. The number of carbonyl (C=O) groups is 1. The van der Waals surface area contributed by atoms with Gasteiger partial charge in [0, 0.05) is 24.0 Å². The molecule has 1 fully saturated rings. The Morgan fingerprint density at radius 3 is 2.52 bits per heavy atom. The molecular formula is C23H21N3O3. The van der Waals surface area contributed by atoms with E-state index in [2.05, 4.69) is 9.97 Å². The van der Waals surface area contributed by atoms with Crippen molar-refractivity contribution in [3.05, 3.63) is 65.1 Å². The number of carbonyl (C=O) groups excluding carboxylic acids is 1. The van der Waals surface area contributed by atoms with Gasteiger partial charge >= 0.3 is 5.69 Å². The summed E-state index contributed by atoms with van der Waals surface area (Å²) < 4.78 is 5.92. The second-order valence-corrected chi connectivity index (χ2v) is 7.34. The van der Waals surface area contributed by atoms with Crippen LogP contribution in [0.15, 0.2) is 59.4 Å². The van der Waals surface area contributed by atoms with E-state index in [1.165, 1.54) is 0 Å². The summed E-state index contributed by atoms with van der Waals surface area (Å²) in [4.78, 5) is 31.7. The maximum absolute atomic E-state index is 12.4. The van der Waals surface area contributed by atoms with Crippen LogP contribution in [0.4, 0.5) is 0 Å². The molecule has 4 aromatic rings. The van der Waals surface area contributed by atoms with Crippen LogP contribution in [0.5, 0.6) is 5.75 Å². The van der Waals surface area contributed by atoms with E-state index in [0.717, 1.165) is 58.9 Å². The molecule has 5 rings (SSSR count). The van der Waals surface area contributed by atoms with Gasteiger partial charge in [0.1, 0.15) is 5.75 Å². The smallest absolute Gasteiger partial charge is 0.323 e. The molecule has 6 heteroatoms. The molecule has 0 radical (unpaired) electrons. The number of nitrogens with one attached hydrogen (secondary N) is 2. The maximum Gasteiger partial charge on any atom is 0.323 e. The molecule has 0 atom stereocenters. The third kappa shape index (κ3) is 3.16. The minimum atomic E-state index is -0.225. The number of nitrogens with zero attached hydrogens (tertiary/aromatic N) is 1. The molecule has 0 aliphatic carbocycles. The van der Waals surface area contributed by atoms with Gasteiger partial charge in [-0.2, -0.15) is 0 Å². The monoisotopic (exact) mass is 387 g/mol. The van der Waals surface area contributed by atoms with Crippen LogP contribution in [0.25, 0.3) is 32.9 Å². The highest BCUT2D eigenvalue weighted by Crippen LogP contribution is 2.36. The third-order valence-corrected chi connectivity index (χ3v) is 5.54. The van der Waals surface area contributed by atoms with Gasteiger partial charge in [0.15, 0.2) is 6.61 Å². The van der Waals surface area contributed by atoms with Gasteiger partial charge in [-0.1, -0.05) is 36.4 Å². The second kappa shape index (κ2) is 7.13. The van der Waals surface area contributed by atoms with Crippen LogP contribution in [0.2, 0.25) is 0 Å². The number of amides is 1. The van der Waals surface area contributed by atoms with Crippen LogP contribution in [-0.2, 0) is 4.79 Å². The van der Waals surface area contributed by atoms with Crippen LogP contribution in [0.1, 0.15) is 12.8 Å². The number of hydrogen-bond acceptors (Lipinski definition) is 3. The summed E-state index contributed by atoms with van der Waals surface area (Å²) in [5, 5.41) is 1.95. The third-order valence-electron chi connectivity index (χ3n) is 5.54. The normalized spacial score (nSPS) is 14.0. The van der Waals surface area contributed by atoms with Gasteiger partial charge in [0.05, 0.1) is 11.0 Å². The van der Waals surface area contributed by atoms with Crippen LogP contribution < -0.4 is 10.4 Å². The first-order valence-electron chi connectivity index (χ1n) is 9.84. The van der Waals surface area contributed by atoms with Crippen molar-refractivity contribution >= 4 is 27.7 Å². The number of imidazole rings is 1. The summed E-state index contributed by atoms with van der Waals surface area (Å²) in [7, 11) is 0. The predicted octanol–water partition coefficient (Wildman–Crippen LogP) is 3.68. The molecule has 0 spiro atoms. The highest BCUT2D eigenvalue weighted by atomic mass is 16.5. The lowest BCUT2D eigenvalue weighted by Gasteiger charge is -2.17. The Hall–Kier alpha value is -3.54. The molecule has 1 aliphatic heterocycles. The molecule has 1 amide bonds. The van der Waals surface area contributed by atoms with E-state index in [1.54, 1.807) is 0 Å². The minimum absolute atomic E-state index is 0.0327. The molecule has 0 bridgehead atoms. The van der Waals surface area contributed by atoms with Crippen molar-refractivity contribution in [1.29, 1.82) is 0 Å². The van der Waals surface area contributed by atoms with Crippen LogP contribution in [-0.4, -0.2) is 40.5 Å². The molecule has 3 aromatic carbocycles. The number of para-hydroxylation sites is 1. The SMILES string of the molecule is O=C(COc1ccc(-c2cccc3[nH]c(=O)[nH]c23)c2ccccc12)N1CCCC1.